The summed E-state index contributed by atoms with van der Waals surface area (Å²) >= 11 is 1.69. The molecule has 0 saturated heterocycles. The highest BCUT2D eigenvalue weighted by Gasteiger charge is 2.09. The van der Waals surface area contributed by atoms with Gasteiger partial charge in [0.15, 0.2) is 0 Å². The first kappa shape index (κ1) is 16.4. The molecule has 0 radical (unpaired) electrons. The van der Waals surface area contributed by atoms with Crippen molar-refractivity contribution in [2.24, 2.45) is 0 Å². The van der Waals surface area contributed by atoms with Gasteiger partial charge in [-0.3, -0.25) is 5.10 Å². The molecule has 0 aliphatic heterocycles. The summed E-state index contributed by atoms with van der Waals surface area (Å²) in [5.41, 5.74) is 2.42. The molecule has 0 spiro atoms. The van der Waals surface area contributed by atoms with Gasteiger partial charge in [0.05, 0.1) is 0 Å². The first-order chi connectivity index (χ1) is 12.8. The molecule has 0 aliphatic rings. The molecule has 0 aliphatic carbocycles. The van der Waals surface area contributed by atoms with Gasteiger partial charge in [0.1, 0.15) is 12.1 Å². The minimum absolute atomic E-state index is 0.289. The van der Waals surface area contributed by atoms with Crippen LogP contribution in [-0.2, 0) is 0 Å². The third-order valence-corrected chi connectivity index (χ3v) is 4.80. The van der Waals surface area contributed by atoms with E-state index in [0.29, 0.717) is 5.95 Å². The summed E-state index contributed by atoms with van der Waals surface area (Å²) in [6.07, 6.45) is 1.49. The third kappa shape index (κ3) is 3.75. The Bertz CT molecular complexity index is 986. The van der Waals surface area contributed by atoms with Crippen LogP contribution in [0.2, 0.25) is 0 Å². The highest BCUT2D eigenvalue weighted by Crippen LogP contribution is 2.33. The number of nitrogens with zero attached hydrogens (tertiary/aromatic N) is 2. The number of rotatable bonds is 5. The van der Waals surface area contributed by atoms with E-state index in [-0.39, 0.29) is 5.82 Å². The zero-order valence-corrected chi connectivity index (χ0v) is 14.5. The summed E-state index contributed by atoms with van der Waals surface area (Å²) in [6, 6.07) is 22.8. The van der Waals surface area contributed by atoms with Crippen molar-refractivity contribution < 1.29 is 4.39 Å². The predicted octanol–water partition coefficient (Wildman–Crippen LogP) is 5.51. The highest BCUT2D eigenvalue weighted by atomic mass is 32.2. The van der Waals surface area contributed by atoms with Crippen LogP contribution in [0.1, 0.15) is 0 Å². The van der Waals surface area contributed by atoms with E-state index >= 15 is 0 Å². The van der Waals surface area contributed by atoms with Gasteiger partial charge in [0.2, 0.25) is 5.95 Å². The maximum absolute atomic E-state index is 13.8. The van der Waals surface area contributed by atoms with Gasteiger partial charge in [-0.2, -0.15) is 0 Å². The van der Waals surface area contributed by atoms with Crippen LogP contribution >= 0.6 is 11.8 Å². The molecule has 0 unspecified atom stereocenters. The molecule has 2 N–H and O–H groups in total. The quantitative estimate of drug-likeness (QED) is 0.492. The first-order valence-corrected chi connectivity index (χ1v) is 8.85. The molecule has 4 aromatic rings. The van der Waals surface area contributed by atoms with Crippen molar-refractivity contribution in [1.82, 2.24) is 15.2 Å². The van der Waals surface area contributed by atoms with E-state index in [1.807, 2.05) is 42.5 Å². The average molecular weight is 362 g/mol. The zero-order valence-electron chi connectivity index (χ0n) is 13.7. The van der Waals surface area contributed by atoms with Crippen LogP contribution in [0.25, 0.3) is 11.1 Å². The third-order valence-electron chi connectivity index (χ3n) is 3.79. The number of nitrogens with one attached hydrogen (secondary N) is 2. The Hall–Kier alpha value is -3.12. The zero-order chi connectivity index (χ0) is 17.8. The molecule has 4 rings (SSSR count). The molecule has 0 fully saturated rings. The molecule has 0 amide bonds. The summed E-state index contributed by atoms with van der Waals surface area (Å²) in [6.45, 7) is 0. The van der Waals surface area contributed by atoms with Crippen molar-refractivity contribution in [2.75, 3.05) is 5.32 Å². The molecular weight excluding hydrogens is 347 g/mol. The van der Waals surface area contributed by atoms with Crippen molar-refractivity contribution in [3.8, 4) is 11.1 Å². The molecule has 3 aromatic carbocycles. The Morgan fingerprint density at radius 2 is 1.65 bits per heavy atom. The summed E-state index contributed by atoms with van der Waals surface area (Å²) in [4.78, 5) is 6.36. The van der Waals surface area contributed by atoms with Crippen LogP contribution in [0, 0.1) is 5.82 Å². The summed E-state index contributed by atoms with van der Waals surface area (Å²) < 4.78 is 13.8. The van der Waals surface area contributed by atoms with Crippen LogP contribution in [-0.4, -0.2) is 15.2 Å². The Morgan fingerprint density at radius 3 is 2.38 bits per heavy atom. The van der Waals surface area contributed by atoms with E-state index in [0.717, 1.165) is 21.7 Å². The van der Waals surface area contributed by atoms with Crippen LogP contribution in [0.15, 0.2) is 88.9 Å². The lowest BCUT2D eigenvalue weighted by molar-refractivity contribution is 0.628. The monoisotopic (exact) mass is 362 g/mol. The van der Waals surface area contributed by atoms with E-state index in [1.54, 1.807) is 17.8 Å². The van der Waals surface area contributed by atoms with Gasteiger partial charge in [-0.15, -0.1) is 5.10 Å². The normalized spacial score (nSPS) is 10.7. The van der Waals surface area contributed by atoms with Gasteiger partial charge < -0.3 is 5.32 Å². The van der Waals surface area contributed by atoms with E-state index in [2.05, 4.69) is 32.6 Å². The maximum atomic E-state index is 13.8. The van der Waals surface area contributed by atoms with Gasteiger partial charge in [0.25, 0.3) is 0 Å². The second kappa shape index (κ2) is 7.41. The Balaban J connectivity index is 1.61. The number of hydrogen-bond acceptors (Lipinski definition) is 4. The number of hydrogen-bond donors (Lipinski definition) is 2. The number of halogens is 1. The summed E-state index contributed by atoms with van der Waals surface area (Å²) in [7, 11) is 0. The lowest BCUT2D eigenvalue weighted by Gasteiger charge is -2.11. The molecule has 6 heteroatoms. The van der Waals surface area contributed by atoms with Crippen molar-refractivity contribution in [2.45, 2.75) is 9.79 Å². The second-order valence-electron chi connectivity index (χ2n) is 5.58. The molecule has 4 nitrogen and oxygen atoms in total. The van der Waals surface area contributed by atoms with Gasteiger partial charge >= 0.3 is 0 Å². The Labute approximate surface area is 154 Å². The second-order valence-corrected chi connectivity index (χ2v) is 6.72. The largest absolute Gasteiger partial charge is 0.322 e. The SMILES string of the molecule is Fc1ccc(Nc2nc[nH]n2)c(-c2ccc(Sc3ccccc3)cc2)c1. The van der Waals surface area contributed by atoms with Crippen LogP contribution < -0.4 is 5.32 Å². The number of anilines is 2. The molecule has 0 bridgehead atoms. The standard InChI is InChI=1S/C20H15FN4S/c21-15-8-11-19(24-20-22-13-23-25-20)18(12-15)14-6-9-17(10-7-14)26-16-4-2-1-3-5-16/h1-13H,(H2,22,23,24,25). The van der Waals surface area contributed by atoms with Crippen molar-refractivity contribution in [1.29, 1.82) is 0 Å². The van der Waals surface area contributed by atoms with Crippen LogP contribution in [0.5, 0.6) is 0 Å². The number of H-pyrrole nitrogens is 1. The fourth-order valence-corrected chi connectivity index (χ4v) is 3.42. The minimum Gasteiger partial charge on any atom is -0.322 e. The highest BCUT2D eigenvalue weighted by molar-refractivity contribution is 7.99. The summed E-state index contributed by atoms with van der Waals surface area (Å²) in [5.74, 6) is 0.150. The smallest absolute Gasteiger partial charge is 0.246 e. The molecule has 0 atom stereocenters. The maximum Gasteiger partial charge on any atom is 0.246 e. The van der Waals surface area contributed by atoms with Crippen molar-refractivity contribution in [3.05, 3.63) is 84.9 Å². The average Bonchev–Trinajstić information content (AvgIpc) is 3.18. The molecule has 1 heterocycles. The van der Waals surface area contributed by atoms with E-state index in [9.17, 15) is 4.39 Å². The van der Waals surface area contributed by atoms with Gasteiger partial charge in [-0.1, -0.05) is 42.1 Å². The number of aromatic amines is 1. The minimum atomic E-state index is -0.289. The van der Waals surface area contributed by atoms with E-state index in [1.165, 1.54) is 23.4 Å². The van der Waals surface area contributed by atoms with Gasteiger partial charge in [-0.25, -0.2) is 9.37 Å². The fourth-order valence-electron chi connectivity index (χ4n) is 2.58. The molecule has 128 valence electrons. The Kier molecular flexibility index (Phi) is 4.66. The summed E-state index contributed by atoms with van der Waals surface area (Å²) in [5, 5.41) is 9.74. The fraction of sp³-hybridized carbons (Fsp3) is 0. The van der Waals surface area contributed by atoms with E-state index in [4.69, 9.17) is 0 Å². The molecule has 1 aromatic heterocycles. The molecule has 26 heavy (non-hydrogen) atoms. The molecule has 0 saturated carbocycles. The molecular formula is C20H15FN4S. The van der Waals surface area contributed by atoms with Crippen molar-refractivity contribution in [3.63, 3.8) is 0 Å². The van der Waals surface area contributed by atoms with Gasteiger partial charge in [-0.05, 0) is 48.0 Å². The van der Waals surface area contributed by atoms with Gasteiger partial charge in [0, 0.05) is 21.0 Å². The van der Waals surface area contributed by atoms with Crippen LogP contribution in [0.3, 0.4) is 0 Å². The topological polar surface area (TPSA) is 53.6 Å². The Morgan fingerprint density at radius 1 is 0.885 bits per heavy atom. The van der Waals surface area contributed by atoms with Crippen molar-refractivity contribution >= 4 is 23.4 Å². The first-order valence-electron chi connectivity index (χ1n) is 8.04. The lowest BCUT2D eigenvalue weighted by Crippen LogP contribution is -1.96. The number of aromatic nitrogens is 3. The lowest BCUT2D eigenvalue weighted by atomic mass is 10.0. The predicted molar refractivity (Wildman–Crippen MR) is 102 cm³/mol. The number of benzene rings is 3. The van der Waals surface area contributed by atoms with E-state index < -0.39 is 0 Å². The van der Waals surface area contributed by atoms with Crippen LogP contribution in [0.4, 0.5) is 16.0 Å².